The fourth-order valence-electron chi connectivity index (χ4n) is 6.41. The van der Waals surface area contributed by atoms with Gasteiger partial charge in [-0.15, -0.1) is 0 Å². The maximum atomic E-state index is 15.0. The van der Waals surface area contributed by atoms with Crippen molar-refractivity contribution in [2.75, 3.05) is 11.4 Å². The predicted octanol–water partition coefficient (Wildman–Crippen LogP) is 4.72. The molecule has 38 heavy (non-hydrogen) atoms. The minimum Gasteiger partial charge on any atom is -0.365 e. The summed E-state index contributed by atoms with van der Waals surface area (Å²) in [7, 11) is 1.92. The van der Waals surface area contributed by atoms with Crippen LogP contribution in [0.5, 0.6) is 0 Å². The maximum Gasteiger partial charge on any atom is 0.169 e. The van der Waals surface area contributed by atoms with Gasteiger partial charge in [0.15, 0.2) is 5.78 Å². The molecular formula is C30H33FN6O. The fraction of sp³-hybridized carbons (Fsp3) is 0.400. The Bertz CT molecular complexity index is 1500. The highest BCUT2D eigenvalue weighted by atomic mass is 19.1. The molecule has 7 nitrogen and oxygen atoms in total. The third-order valence-corrected chi connectivity index (χ3v) is 8.13. The van der Waals surface area contributed by atoms with Gasteiger partial charge in [0.25, 0.3) is 0 Å². The van der Waals surface area contributed by atoms with Crippen LogP contribution in [0.3, 0.4) is 0 Å². The Kier molecular flexibility index (Phi) is 6.43. The molecule has 8 heteroatoms. The Morgan fingerprint density at radius 2 is 2.05 bits per heavy atom. The van der Waals surface area contributed by atoms with E-state index in [1.807, 2.05) is 30.1 Å². The topological polar surface area (TPSA) is 89.9 Å². The highest BCUT2D eigenvalue weighted by Crippen LogP contribution is 2.37. The second-order valence-corrected chi connectivity index (χ2v) is 11.1. The summed E-state index contributed by atoms with van der Waals surface area (Å²) in [4.78, 5) is 24.7. The van der Waals surface area contributed by atoms with Gasteiger partial charge < -0.3 is 10.6 Å². The van der Waals surface area contributed by atoms with Crippen molar-refractivity contribution >= 4 is 22.4 Å². The zero-order valence-corrected chi connectivity index (χ0v) is 21.9. The van der Waals surface area contributed by atoms with E-state index < -0.39 is 0 Å². The third-order valence-electron chi connectivity index (χ3n) is 8.13. The SMILES string of the molecule is C[C@@H]1C[C@H](N)C[C@H](c2ccncc2CC(=O)c2ccc(F)c3cc(N4CCc5nn(C)cc5C4)cnc23)C1. The number of carbonyl (C=O) groups excluding carboxylic acids is 1. The number of hydrogen-bond donors (Lipinski definition) is 1. The van der Waals surface area contributed by atoms with Crippen LogP contribution >= 0.6 is 0 Å². The number of Topliss-reactive ketones (excluding diaryl/α,β-unsaturated/α-hetero) is 1. The van der Waals surface area contributed by atoms with Crippen molar-refractivity contribution in [2.45, 2.75) is 57.5 Å². The molecule has 4 aromatic rings. The molecule has 196 valence electrons. The number of hydrogen-bond acceptors (Lipinski definition) is 6. The molecule has 0 saturated heterocycles. The van der Waals surface area contributed by atoms with Gasteiger partial charge in [0.1, 0.15) is 5.82 Å². The fourth-order valence-corrected chi connectivity index (χ4v) is 6.41. The van der Waals surface area contributed by atoms with Crippen LogP contribution in [0.2, 0.25) is 0 Å². The summed E-state index contributed by atoms with van der Waals surface area (Å²) in [5, 5.41) is 4.88. The second-order valence-electron chi connectivity index (χ2n) is 11.1. The Hall–Kier alpha value is -3.65. The van der Waals surface area contributed by atoms with Crippen molar-refractivity contribution in [1.82, 2.24) is 19.7 Å². The summed E-state index contributed by atoms with van der Waals surface area (Å²) >= 11 is 0. The first-order valence-corrected chi connectivity index (χ1v) is 13.4. The smallest absolute Gasteiger partial charge is 0.169 e. The van der Waals surface area contributed by atoms with Crippen LogP contribution in [0.1, 0.15) is 64.8 Å². The number of fused-ring (bicyclic) bond motifs is 2. The Balaban J connectivity index is 1.28. The monoisotopic (exact) mass is 512 g/mol. The van der Waals surface area contributed by atoms with Gasteiger partial charge in [0, 0.05) is 74.1 Å². The first-order chi connectivity index (χ1) is 18.4. The van der Waals surface area contributed by atoms with Gasteiger partial charge in [-0.1, -0.05) is 6.92 Å². The number of carbonyl (C=O) groups is 1. The zero-order valence-electron chi connectivity index (χ0n) is 21.9. The van der Waals surface area contributed by atoms with Gasteiger partial charge in [-0.2, -0.15) is 5.10 Å². The first kappa shape index (κ1) is 24.7. The largest absolute Gasteiger partial charge is 0.365 e. The molecular weight excluding hydrogens is 479 g/mol. The summed E-state index contributed by atoms with van der Waals surface area (Å²) in [5.74, 6) is 0.396. The molecule has 2 aliphatic rings. The lowest BCUT2D eigenvalue weighted by molar-refractivity contribution is 0.0994. The van der Waals surface area contributed by atoms with E-state index in [9.17, 15) is 4.79 Å². The molecule has 6 rings (SSSR count). The maximum absolute atomic E-state index is 15.0. The van der Waals surface area contributed by atoms with E-state index in [4.69, 9.17) is 5.73 Å². The lowest BCUT2D eigenvalue weighted by Gasteiger charge is -2.32. The van der Waals surface area contributed by atoms with Crippen molar-refractivity contribution < 1.29 is 9.18 Å². The van der Waals surface area contributed by atoms with Crippen molar-refractivity contribution in [3.63, 3.8) is 0 Å². The molecule has 0 bridgehead atoms. The van der Waals surface area contributed by atoms with Crippen molar-refractivity contribution in [3.05, 3.63) is 82.8 Å². The van der Waals surface area contributed by atoms with E-state index in [2.05, 4.69) is 26.9 Å². The minimum atomic E-state index is -0.378. The Labute approximate surface area is 221 Å². The summed E-state index contributed by atoms with van der Waals surface area (Å²) in [6.45, 7) is 3.72. The van der Waals surface area contributed by atoms with Gasteiger partial charge in [0.05, 0.1) is 23.1 Å². The number of aryl methyl sites for hydroxylation is 1. The standard InChI is InChI=1S/C30H33FN6O/c1-18-9-19(11-22(32)10-18)24-5-7-33-14-20(24)12-29(38)25-3-4-27(31)26-13-23(15-34-30(25)26)37-8-6-28-21(17-37)16-36(2)35-28/h3-5,7,13-16,18-19,22H,6,8-12,17,32H2,1-2H3/t18-,19+,22-/m0/s1. The molecule has 0 amide bonds. The van der Waals surface area contributed by atoms with Crippen molar-refractivity contribution in [1.29, 1.82) is 0 Å². The highest BCUT2D eigenvalue weighted by Gasteiger charge is 2.28. The number of nitrogens with two attached hydrogens (primary N) is 1. The second kappa shape index (κ2) is 9.91. The number of rotatable bonds is 5. The van der Waals surface area contributed by atoms with Crippen LogP contribution in [0.15, 0.2) is 49.1 Å². The van der Waals surface area contributed by atoms with E-state index in [0.717, 1.165) is 54.7 Å². The quantitative estimate of drug-likeness (QED) is 0.389. The number of aromatic nitrogens is 4. The number of pyridine rings is 2. The van der Waals surface area contributed by atoms with Gasteiger partial charge >= 0.3 is 0 Å². The lowest BCUT2D eigenvalue weighted by atomic mass is 9.75. The van der Waals surface area contributed by atoms with Gasteiger partial charge in [-0.05, 0) is 66.5 Å². The number of ketones is 1. The predicted molar refractivity (Wildman–Crippen MR) is 146 cm³/mol. The number of benzene rings is 1. The van der Waals surface area contributed by atoms with Gasteiger partial charge in [0.2, 0.25) is 0 Å². The summed E-state index contributed by atoms with van der Waals surface area (Å²) in [6.07, 6.45) is 11.4. The van der Waals surface area contributed by atoms with E-state index >= 15 is 4.39 Å². The van der Waals surface area contributed by atoms with Gasteiger partial charge in [-0.25, -0.2) is 4.39 Å². The molecule has 1 aliphatic carbocycles. The van der Waals surface area contributed by atoms with Crippen LogP contribution < -0.4 is 10.6 Å². The van der Waals surface area contributed by atoms with Crippen molar-refractivity contribution in [2.24, 2.45) is 18.7 Å². The lowest BCUT2D eigenvalue weighted by Crippen LogP contribution is -2.31. The average molecular weight is 513 g/mol. The van der Waals surface area contributed by atoms with Crippen LogP contribution in [0, 0.1) is 11.7 Å². The summed E-state index contributed by atoms with van der Waals surface area (Å²) in [5.41, 5.74) is 12.3. The molecule has 3 atom stereocenters. The molecule has 0 spiro atoms. The van der Waals surface area contributed by atoms with E-state index in [1.54, 1.807) is 24.7 Å². The van der Waals surface area contributed by atoms with E-state index in [1.165, 1.54) is 11.6 Å². The molecule has 1 fully saturated rings. The number of anilines is 1. The number of nitrogens with zero attached hydrogens (tertiary/aromatic N) is 5. The molecule has 3 aromatic heterocycles. The van der Waals surface area contributed by atoms with Crippen molar-refractivity contribution in [3.8, 4) is 0 Å². The zero-order chi connectivity index (χ0) is 26.4. The van der Waals surface area contributed by atoms with E-state index in [0.29, 0.717) is 34.8 Å². The molecule has 2 N–H and O–H groups in total. The average Bonchev–Trinajstić information content (AvgIpc) is 3.27. The minimum absolute atomic E-state index is 0.0874. The van der Waals surface area contributed by atoms with E-state index in [-0.39, 0.29) is 24.1 Å². The van der Waals surface area contributed by atoms with Gasteiger partial charge in [-0.3, -0.25) is 19.4 Å². The normalized spacial score (nSPS) is 21.5. The van der Waals surface area contributed by atoms with Crippen LogP contribution in [0.4, 0.5) is 10.1 Å². The van der Waals surface area contributed by atoms with Crippen LogP contribution in [-0.2, 0) is 26.4 Å². The highest BCUT2D eigenvalue weighted by molar-refractivity contribution is 6.08. The molecule has 1 aromatic carbocycles. The van der Waals surface area contributed by atoms with Crippen LogP contribution in [-0.4, -0.2) is 38.1 Å². The Morgan fingerprint density at radius 1 is 1.18 bits per heavy atom. The molecule has 0 radical (unpaired) electrons. The molecule has 1 aliphatic heterocycles. The third kappa shape index (κ3) is 4.69. The Morgan fingerprint density at radius 3 is 2.89 bits per heavy atom. The molecule has 1 saturated carbocycles. The molecule has 4 heterocycles. The first-order valence-electron chi connectivity index (χ1n) is 13.4. The summed E-state index contributed by atoms with van der Waals surface area (Å²) < 4.78 is 16.9. The van der Waals surface area contributed by atoms with Crippen LogP contribution in [0.25, 0.3) is 10.9 Å². The summed E-state index contributed by atoms with van der Waals surface area (Å²) in [6, 6.07) is 6.95. The molecule has 0 unspecified atom stereocenters. The number of halogens is 1.